The minimum absolute atomic E-state index is 0.0542. The summed E-state index contributed by atoms with van der Waals surface area (Å²) < 4.78 is 0. The zero-order valence-electron chi connectivity index (χ0n) is 10.6. The van der Waals surface area contributed by atoms with Crippen LogP contribution in [0.2, 0.25) is 5.02 Å². The molecule has 2 atom stereocenters. The number of carboxylic acids is 1. The lowest BCUT2D eigenvalue weighted by Crippen LogP contribution is -2.24. The number of rotatable bonds is 4. The topological polar surface area (TPSA) is 54.4 Å². The average molecular weight is 281 g/mol. The lowest BCUT2D eigenvalue weighted by atomic mass is 9.78. The molecular formula is C15H17ClO3. The Labute approximate surface area is 117 Å². The number of aliphatic carboxylic acids is 1. The van der Waals surface area contributed by atoms with E-state index in [1.54, 1.807) is 24.3 Å². The van der Waals surface area contributed by atoms with Gasteiger partial charge in [-0.1, -0.05) is 30.2 Å². The van der Waals surface area contributed by atoms with E-state index in [4.69, 9.17) is 16.7 Å². The van der Waals surface area contributed by atoms with Gasteiger partial charge in [-0.25, -0.2) is 0 Å². The van der Waals surface area contributed by atoms with Crippen LogP contribution in [-0.2, 0) is 4.79 Å². The molecule has 0 aliphatic heterocycles. The molecule has 0 radical (unpaired) electrons. The van der Waals surface area contributed by atoms with Crippen LogP contribution >= 0.6 is 11.6 Å². The lowest BCUT2D eigenvalue weighted by Gasteiger charge is -2.26. The van der Waals surface area contributed by atoms with E-state index in [1.165, 1.54) is 0 Å². The van der Waals surface area contributed by atoms with E-state index < -0.39 is 5.97 Å². The molecule has 0 bridgehead atoms. The smallest absolute Gasteiger partial charge is 0.306 e. The predicted molar refractivity (Wildman–Crippen MR) is 73.5 cm³/mol. The van der Waals surface area contributed by atoms with Crippen LogP contribution in [-0.4, -0.2) is 16.9 Å². The van der Waals surface area contributed by atoms with E-state index in [2.05, 4.69) is 0 Å². The van der Waals surface area contributed by atoms with Crippen molar-refractivity contribution < 1.29 is 14.7 Å². The monoisotopic (exact) mass is 280 g/mol. The van der Waals surface area contributed by atoms with Crippen LogP contribution in [0.25, 0.3) is 0 Å². The zero-order valence-corrected chi connectivity index (χ0v) is 11.4. The highest BCUT2D eigenvalue weighted by atomic mass is 35.5. The molecule has 1 N–H and O–H groups in total. The second-order valence-corrected chi connectivity index (χ2v) is 5.64. The summed E-state index contributed by atoms with van der Waals surface area (Å²) in [5, 5.41) is 9.59. The number of halogens is 1. The Morgan fingerprint density at radius 1 is 1.32 bits per heavy atom. The van der Waals surface area contributed by atoms with E-state index in [0.717, 1.165) is 19.3 Å². The van der Waals surface area contributed by atoms with Gasteiger partial charge in [0.2, 0.25) is 0 Å². The van der Waals surface area contributed by atoms with Gasteiger partial charge in [-0.15, -0.1) is 0 Å². The van der Waals surface area contributed by atoms with Gasteiger partial charge in [-0.05, 0) is 37.3 Å². The summed E-state index contributed by atoms with van der Waals surface area (Å²) in [5.41, 5.74) is 0.616. The standard InChI is InChI=1S/C15H17ClO3/c16-13-6-2-4-11(9-13)14(17)8-10-3-1-5-12(7-10)15(18)19/h2,4,6,9-10,12H,1,3,5,7-8H2,(H,18,19)/t10-,12+/m1/s1. The molecule has 1 aromatic carbocycles. The fourth-order valence-corrected chi connectivity index (χ4v) is 2.93. The summed E-state index contributed by atoms with van der Waals surface area (Å²) in [6, 6.07) is 6.92. The first kappa shape index (κ1) is 14.1. The van der Waals surface area contributed by atoms with E-state index in [-0.39, 0.29) is 17.6 Å². The molecule has 0 amide bonds. The van der Waals surface area contributed by atoms with Crippen molar-refractivity contribution in [1.29, 1.82) is 0 Å². The molecule has 19 heavy (non-hydrogen) atoms. The van der Waals surface area contributed by atoms with Crippen molar-refractivity contribution in [2.45, 2.75) is 32.1 Å². The van der Waals surface area contributed by atoms with Crippen LogP contribution in [0.3, 0.4) is 0 Å². The maximum absolute atomic E-state index is 12.1. The second kappa shape index (κ2) is 6.20. The van der Waals surface area contributed by atoms with Crippen LogP contribution in [0.15, 0.2) is 24.3 Å². The van der Waals surface area contributed by atoms with Crippen LogP contribution in [0, 0.1) is 11.8 Å². The highest BCUT2D eigenvalue weighted by Gasteiger charge is 2.28. The molecule has 0 spiro atoms. The number of carboxylic acid groups (broad SMARTS) is 1. The van der Waals surface area contributed by atoms with Crippen molar-refractivity contribution >= 4 is 23.4 Å². The maximum Gasteiger partial charge on any atom is 0.306 e. The third kappa shape index (κ3) is 3.80. The van der Waals surface area contributed by atoms with Crippen LogP contribution in [0.5, 0.6) is 0 Å². The SMILES string of the molecule is O=C(C[C@@H]1CCC[C@H](C(=O)O)C1)c1cccc(Cl)c1. The molecule has 102 valence electrons. The molecule has 1 aromatic rings. The zero-order chi connectivity index (χ0) is 13.8. The molecule has 1 aliphatic carbocycles. The number of carbonyl (C=O) groups excluding carboxylic acids is 1. The minimum Gasteiger partial charge on any atom is -0.481 e. The molecule has 2 rings (SSSR count). The first-order valence-electron chi connectivity index (χ1n) is 6.58. The van der Waals surface area contributed by atoms with Crippen molar-refractivity contribution in [3.8, 4) is 0 Å². The van der Waals surface area contributed by atoms with Crippen LogP contribution < -0.4 is 0 Å². The van der Waals surface area contributed by atoms with Crippen molar-refractivity contribution in [3.63, 3.8) is 0 Å². The van der Waals surface area contributed by atoms with E-state index in [9.17, 15) is 9.59 Å². The number of carbonyl (C=O) groups is 2. The van der Waals surface area contributed by atoms with E-state index >= 15 is 0 Å². The van der Waals surface area contributed by atoms with Crippen molar-refractivity contribution in [1.82, 2.24) is 0 Å². The quantitative estimate of drug-likeness (QED) is 0.854. The van der Waals surface area contributed by atoms with E-state index in [1.807, 2.05) is 0 Å². The molecule has 1 aliphatic rings. The van der Waals surface area contributed by atoms with Gasteiger partial charge in [0, 0.05) is 17.0 Å². The Bertz CT molecular complexity index is 484. The highest BCUT2D eigenvalue weighted by Crippen LogP contribution is 2.32. The van der Waals surface area contributed by atoms with Gasteiger partial charge in [-0.2, -0.15) is 0 Å². The Morgan fingerprint density at radius 2 is 2.11 bits per heavy atom. The predicted octanol–water partition coefficient (Wildman–Crippen LogP) is 3.80. The normalized spacial score (nSPS) is 23.0. The fraction of sp³-hybridized carbons (Fsp3) is 0.467. The lowest BCUT2D eigenvalue weighted by molar-refractivity contribution is -0.143. The Kier molecular flexibility index (Phi) is 4.59. The van der Waals surface area contributed by atoms with Crippen molar-refractivity contribution in [2.24, 2.45) is 11.8 Å². The molecule has 4 heteroatoms. The second-order valence-electron chi connectivity index (χ2n) is 5.21. The Hall–Kier alpha value is -1.35. The molecule has 3 nitrogen and oxygen atoms in total. The molecule has 0 aromatic heterocycles. The summed E-state index contributed by atoms with van der Waals surface area (Å²) in [5.74, 6) is -0.786. The first-order valence-corrected chi connectivity index (χ1v) is 6.95. The van der Waals surface area contributed by atoms with Gasteiger partial charge in [-0.3, -0.25) is 9.59 Å². The number of benzene rings is 1. The largest absolute Gasteiger partial charge is 0.481 e. The summed E-state index contributed by atoms with van der Waals surface area (Å²) in [7, 11) is 0. The highest BCUT2D eigenvalue weighted by molar-refractivity contribution is 6.31. The first-order chi connectivity index (χ1) is 9.06. The summed E-state index contributed by atoms with van der Waals surface area (Å²) in [6.07, 6.45) is 3.60. The molecule has 0 heterocycles. The van der Waals surface area contributed by atoms with Crippen LogP contribution in [0.4, 0.5) is 0 Å². The third-order valence-corrected chi connectivity index (χ3v) is 3.99. The van der Waals surface area contributed by atoms with Gasteiger partial charge in [0.05, 0.1) is 5.92 Å². The molecule has 1 saturated carbocycles. The number of hydrogen-bond donors (Lipinski definition) is 1. The van der Waals surface area contributed by atoms with Gasteiger partial charge >= 0.3 is 5.97 Å². The van der Waals surface area contributed by atoms with Gasteiger partial charge in [0.25, 0.3) is 0 Å². The molecule has 1 fully saturated rings. The van der Waals surface area contributed by atoms with Gasteiger partial charge in [0.15, 0.2) is 5.78 Å². The maximum atomic E-state index is 12.1. The fourth-order valence-electron chi connectivity index (χ4n) is 2.74. The van der Waals surface area contributed by atoms with Crippen LogP contribution in [0.1, 0.15) is 42.5 Å². The summed E-state index contributed by atoms with van der Waals surface area (Å²) in [6.45, 7) is 0. The average Bonchev–Trinajstić information content (AvgIpc) is 2.39. The van der Waals surface area contributed by atoms with Gasteiger partial charge < -0.3 is 5.11 Å². The molecule has 0 unspecified atom stereocenters. The molecule has 0 saturated heterocycles. The Balaban J connectivity index is 1.97. The number of hydrogen-bond acceptors (Lipinski definition) is 2. The van der Waals surface area contributed by atoms with E-state index in [0.29, 0.717) is 23.4 Å². The van der Waals surface area contributed by atoms with Gasteiger partial charge in [0.1, 0.15) is 0 Å². The third-order valence-electron chi connectivity index (χ3n) is 3.75. The summed E-state index contributed by atoms with van der Waals surface area (Å²) in [4.78, 5) is 23.1. The Morgan fingerprint density at radius 3 is 2.79 bits per heavy atom. The molecular weight excluding hydrogens is 264 g/mol. The van der Waals surface area contributed by atoms with Crippen molar-refractivity contribution in [3.05, 3.63) is 34.9 Å². The minimum atomic E-state index is -0.736. The summed E-state index contributed by atoms with van der Waals surface area (Å²) >= 11 is 5.87. The van der Waals surface area contributed by atoms with Crippen molar-refractivity contribution in [2.75, 3.05) is 0 Å². The number of Topliss-reactive ketones (excluding diaryl/α,β-unsaturated/α-hetero) is 1. The number of ketones is 1.